The topological polar surface area (TPSA) is 85.8 Å². The molecule has 0 bridgehead atoms. The van der Waals surface area contributed by atoms with Crippen molar-refractivity contribution in [3.05, 3.63) is 18.3 Å². The second-order valence-electron chi connectivity index (χ2n) is 4.55. The molecule has 3 rings (SSSR count). The predicted octanol–water partition coefficient (Wildman–Crippen LogP) is 0.326. The summed E-state index contributed by atoms with van der Waals surface area (Å²) in [5.74, 6) is 0.363. The normalized spacial score (nSPS) is 18.6. The fraction of sp³-hybridized carbons (Fsp3) is 0.455. The average molecular weight is 247 g/mol. The van der Waals surface area contributed by atoms with Crippen molar-refractivity contribution in [2.75, 3.05) is 0 Å². The number of carboxylic acid groups (broad SMARTS) is 1. The molecule has 1 N–H and O–H groups in total. The first-order valence-electron chi connectivity index (χ1n) is 5.78. The van der Waals surface area contributed by atoms with E-state index in [1.54, 1.807) is 6.33 Å². The molecule has 0 amide bonds. The number of aromatic nitrogens is 5. The van der Waals surface area contributed by atoms with Gasteiger partial charge in [-0.3, -0.25) is 4.79 Å². The van der Waals surface area contributed by atoms with Gasteiger partial charge in [-0.05, 0) is 6.42 Å². The molecule has 18 heavy (non-hydrogen) atoms. The van der Waals surface area contributed by atoms with Gasteiger partial charge in [0.25, 0.3) is 0 Å². The molecule has 0 saturated heterocycles. The van der Waals surface area contributed by atoms with Crippen LogP contribution in [0.1, 0.15) is 12.2 Å². The van der Waals surface area contributed by atoms with Crippen LogP contribution in [0.3, 0.4) is 0 Å². The van der Waals surface area contributed by atoms with Crippen molar-refractivity contribution in [2.45, 2.75) is 19.4 Å². The zero-order valence-corrected chi connectivity index (χ0v) is 9.94. The summed E-state index contributed by atoms with van der Waals surface area (Å²) >= 11 is 0. The minimum Gasteiger partial charge on any atom is -0.481 e. The lowest BCUT2D eigenvalue weighted by molar-refractivity contribution is -0.142. The third kappa shape index (κ3) is 1.68. The highest BCUT2D eigenvalue weighted by atomic mass is 16.4. The number of carbonyl (C=O) groups is 1. The zero-order valence-electron chi connectivity index (χ0n) is 9.94. The molecular weight excluding hydrogens is 234 g/mol. The molecule has 7 nitrogen and oxygen atoms in total. The number of imidazole rings is 1. The monoisotopic (exact) mass is 247 g/mol. The quantitative estimate of drug-likeness (QED) is 0.826. The van der Waals surface area contributed by atoms with Crippen LogP contribution in [0.2, 0.25) is 0 Å². The highest BCUT2D eigenvalue weighted by Crippen LogP contribution is 2.24. The Balaban J connectivity index is 1.99. The van der Waals surface area contributed by atoms with Crippen LogP contribution in [0.5, 0.6) is 0 Å². The van der Waals surface area contributed by atoms with Gasteiger partial charge in [0.2, 0.25) is 0 Å². The lowest BCUT2D eigenvalue weighted by atomic mass is 9.99. The van der Waals surface area contributed by atoms with Gasteiger partial charge in [0.15, 0.2) is 5.82 Å². The lowest BCUT2D eigenvalue weighted by Crippen LogP contribution is -2.27. The first-order valence-corrected chi connectivity index (χ1v) is 5.78. The number of aryl methyl sites for hydroxylation is 2. The van der Waals surface area contributed by atoms with Crippen LogP contribution in [0.25, 0.3) is 11.5 Å². The van der Waals surface area contributed by atoms with E-state index < -0.39 is 5.97 Å². The van der Waals surface area contributed by atoms with Gasteiger partial charge in [-0.15, -0.1) is 10.2 Å². The molecule has 2 aromatic heterocycles. The van der Waals surface area contributed by atoms with Crippen LogP contribution < -0.4 is 0 Å². The van der Waals surface area contributed by atoms with Gasteiger partial charge < -0.3 is 14.2 Å². The van der Waals surface area contributed by atoms with Crippen molar-refractivity contribution >= 4 is 5.97 Å². The fourth-order valence-electron chi connectivity index (χ4n) is 2.25. The largest absolute Gasteiger partial charge is 0.481 e. The second-order valence-corrected chi connectivity index (χ2v) is 4.55. The van der Waals surface area contributed by atoms with Crippen LogP contribution in [0.15, 0.2) is 12.5 Å². The van der Waals surface area contributed by atoms with Crippen molar-refractivity contribution < 1.29 is 9.90 Å². The molecule has 0 aliphatic carbocycles. The molecule has 1 unspecified atom stereocenters. The molecule has 0 saturated carbocycles. The zero-order chi connectivity index (χ0) is 12.7. The summed E-state index contributed by atoms with van der Waals surface area (Å²) in [5.41, 5.74) is 0.724. The first kappa shape index (κ1) is 10.9. The third-order valence-electron chi connectivity index (χ3n) is 3.23. The van der Waals surface area contributed by atoms with Gasteiger partial charge in [-0.1, -0.05) is 0 Å². The number of hydrogen-bond acceptors (Lipinski definition) is 4. The maximum atomic E-state index is 11.1. The molecule has 1 atom stereocenters. The summed E-state index contributed by atoms with van der Waals surface area (Å²) in [6, 6.07) is 0. The Bertz CT molecular complexity index is 600. The number of fused-ring (bicyclic) bond motifs is 1. The summed E-state index contributed by atoms with van der Waals surface area (Å²) in [7, 11) is 1.88. The van der Waals surface area contributed by atoms with Crippen LogP contribution in [-0.4, -0.2) is 35.4 Å². The molecule has 1 aliphatic rings. The van der Waals surface area contributed by atoms with E-state index in [1.807, 2.05) is 22.4 Å². The van der Waals surface area contributed by atoms with E-state index >= 15 is 0 Å². The predicted molar refractivity (Wildman–Crippen MR) is 61.7 cm³/mol. The molecule has 3 heterocycles. The van der Waals surface area contributed by atoms with Crippen LogP contribution in [-0.2, 0) is 24.8 Å². The van der Waals surface area contributed by atoms with Gasteiger partial charge in [0.05, 0.1) is 12.2 Å². The summed E-state index contributed by atoms with van der Waals surface area (Å²) in [5, 5.41) is 17.3. The van der Waals surface area contributed by atoms with Crippen molar-refractivity contribution in [1.82, 2.24) is 24.3 Å². The molecule has 0 radical (unpaired) electrons. The Hall–Kier alpha value is -2.18. The number of aliphatic carboxylic acids is 1. The van der Waals surface area contributed by atoms with E-state index in [0.29, 0.717) is 25.2 Å². The van der Waals surface area contributed by atoms with Gasteiger partial charge in [-0.25, -0.2) is 4.98 Å². The van der Waals surface area contributed by atoms with Crippen LogP contribution in [0, 0.1) is 5.92 Å². The minimum absolute atomic E-state index is 0.365. The smallest absolute Gasteiger partial charge is 0.308 e. The Kier molecular flexibility index (Phi) is 2.39. The third-order valence-corrected chi connectivity index (χ3v) is 3.23. The number of hydrogen-bond donors (Lipinski definition) is 1. The molecule has 0 aromatic carbocycles. The summed E-state index contributed by atoms with van der Waals surface area (Å²) in [6.07, 6.45) is 4.81. The molecule has 2 aromatic rings. The highest BCUT2D eigenvalue weighted by Gasteiger charge is 2.28. The summed E-state index contributed by atoms with van der Waals surface area (Å²) in [4.78, 5) is 15.3. The van der Waals surface area contributed by atoms with Gasteiger partial charge in [0.1, 0.15) is 11.5 Å². The van der Waals surface area contributed by atoms with E-state index in [1.165, 1.54) is 0 Å². The molecule has 94 valence electrons. The van der Waals surface area contributed by atoms with Crippen molar-refractivity contribution in [1.29, 1.82) is 0 Å². The number of carboxylic acids is 1. The van der Waals surface area contributed by atoms with Crippen LogP contribution >= 0.6 is 0 Å². The number of nitrogens with zero attached hydrogens (tertiary/aromatic N) is 5. The van der Waals surface area contributed by atoms with E-state index in [2.05, 4.69) is 15.2 Å². The molecule has 7 heteroatoms. The van der Waals surface area contributed by atoms with E-state index in [0.717, 1.165) is 11.5 Å². The summed E-state index contributed by atoms with van der Waals surface area (Å²) < 4.78 is 3.69. The number of rotatable bonds is 2. The molecule has 0 fully saturated rings. The molecule has 1 aliphatic heterocycles. The SMILES string of the molecule is Cn1cnc(-c2nnc3n2CC(C(=O)O)CC3)c1. The van der Waals surface area contributed by atoms with Gasteiger partial charge in [0, 0.05) is 26.2 Å². The first-order chi connectivity index (χ1) is 8.65. The van der Waals surface area contributed by atoms with Crippen molar-refractivity contribution in [3.8, 4) is 11.5 Å². The van der Waals surface area contributed by atoms with Crippen LogP contribution in [0.4, 0.5) is 0 Å². The maximum Gasteiger partial charge on any atom is 0.308 e. The Labute approximate surface area is 103 Å². The molecule has 0 spiro atoms. The summed E-state index contributed by atoms with van der Waals surface area (Å²) in [6.45, 7) is 0.420. The molecular formula is C11H13N5O2. The van der Waals surface area contributed by atoms with E-state index in [9.17, 15) is 4.79 Å². The second kappa shape index (κ2) is 3.94. The van der Waals surface area contributed by atoms with E-state index in [4.69, 9.17) is 5.11 Å². The minimum atomic E-state index is -0.763. The van der Waals surface area contributed by atoms with Crippen molar-refractivity contribution in [3.63, 3.8) is 0 Å². The Morgan fingerprint density at radius 1 is 1.50 bits per heavy atom. The maximum absolute atomic E-state index is 11.1. The van der Waals surface area contributed by atoms with E-state index in [-0.39, 0.29) is 5.92 Å². The Morgan fingerprint density at radius 3 is 3.00 bits per heavy atom. The van der Waals surface area contributed by atoms with Gasteiger partial charge >= 0.3 is 5.97 Å². The Morgan fingerprint density at radius 2 is 2.33 bits per heavy atom. The van der Waals surface area contributed by atoms with Crippen molar-refractivity contribution in [2.24, 2.45) is 13.0 Å². The average Bonchev–Trinajstić information content (AvgIpc) is 2.93. The fourth-order valence-corrected chi connectivity index (χ4v) is 2.25. The highest BCUT2D eigenvalue weighted by molar-refractivity contribution is 5.70. The van der Waals surface area contributed by atoms with Gasteiger partial charge in [-0.2, -0.15) is 0 Å². The standard InChI is InChI=1S/C11H13N5O2/c1-15-5-8(12-6-15)10-14-13-9-3-2-7(11(17)18)4-16(9)10/h5-7H,2-4H2,1H3,(H,17,18). The lowest BCUT2D eigenvalue weighted by Gasteiger charge is -2.20.